The van der Waals surface area contributed by atoms with E-state index in [1.54, 1.807) is 11.3 Å². The van der Waals surface area contributed by atoms with E-state index in [1.807, 2.05) is 31.2 Å². The number of benzene rings is 1. The highest BCUT2D eigenvalue weighted by molar-refractivity contribution is 7.11. The quantitative estimate of drug-likeness (QED) is 0.907. The van der Waals surface area contributed by atoms with Crippen LogP contribution in [0.1, 0.15) is 40.9 Å². The second-order valence-corrected chi connectivity index (χ2v) is 6.00. The van der Waals surface area contributed by atoms with Crippen LogP contribution in [0.2, 0.25) is 0 Å². The Morgan fingerprint density at radius 1 is 1.32 bits per heavy atom. The Hall–Kier alpha value is -1.39. The van der Waals surface area contributed by atoms with Crippen molar-refractivity contribution in [2.75, 3.05) is 0 Å². The molecule has 2 rings (SSSR count). The minimum atomic E-state index is 0.405. The Morgan fingerprint density at radius 2 is 2.05 bits per heavy atom. The first-order valence-corrected chi connectivity index (χ1v) is 7.30. The molecular weight excluding hydrogens is 256 g/mol. The second kappa shape index (κ2) is 6.17. The lowest BCUT2D eigenvalue weighted by atomic mass is 10.1. The zero-order valence-corrected chi connectivity index (χ0v) is 12.5. The molecule has 0 fully saturated rings. The highest BCUT2D eigenvalue weighted by atomic mass is 32.1. The summed E-state index contributed by atoms with van der Waals surface area (Å²) in [5.41, 5.74) is 8.01. The van der Waals surface area contributed by atoms with Gasteiger partial charge in [-0.2, -0.15) is 0 Å². The largest absolute Gasteiger partial charge is 0.486 e. The van der Waals surface area contributed by atoms with Gasteiger partial charge < -0.3 is 10.5 Å². The molecule has 1 aromatic carbocycles. The van der Waals surface area contributed by atoms with Crippen molar-refractivity contribution in [1.29, 1.82) is 0 Å². The van der Waals surface area contributed by atoms with Crippen LogP contribution in [0.4, 0.5) is 0 Å². The molecule has 3 nitrogen and oxygen atoms in total. The number of aryl methyl sites for hydroxylation is 1. The molecule has 0 aliphatic heterocycles. The summed E-state index contributed by atoms with van der Waals surface area (Å²) < 4.78 is 5.82. The van der Waals surface area contributed by atoms with Gasteiger partial charge in [-0.25, -0.2) is 4.98 Å². The molecule has 0 aliphatic rings. The number of ether oxygens (including phenoxy) is 1. The van der Waals surface area contributed by atoms with Crippen molar-refractivity contribution in [2.24, 2.45) is 5.73 Å². The normalized spacial score (nSPS) is 11.0. The topological polar surface area (TPSA) is 48.1 Å². The van der Waals surface area contributed by atoms with Gasteiger partial charge in [-0.15, -0.1) is 11.3 Å². The van der Waals surface area contributed by atoms with E-state index in [-0.39, 0.29) is 0 Å². The van der Waals surface area contributed by atoms with Crippen LogP contribution in [0.3, 0.4) is 0 Å². The number of rotatable bonds is 5. The number of aromatic nitrogens is 1. The summed E-state index contributed by atoms with van der Waals surface area (Å²) in [5.74, 6) is 1.32. The summed E-state index contributed by atoms with van der Waals surface area (Å²) >= 11 is 1.65. The number of nitrogens with two attached hydrogens (primary N) is 1. The highest BCUT2D eigenvalue weighted by Crippen LogP contribution is 2.26. The van der Waals surface area contributed by atoms with Gasteiger partial charge in [-0.1, -0.05) is 32.0 Å². The fourth-order valence-electron chi connectivity index (χ4n) is 1.93. The first-order valence-electron chi connectivity index (χ1n) is 6.48. The van der Waals surface area contributed by atoms with Gasteiger partial charge in [-0.05, 0) is 24.5 Å². The molecule has 2 N–H and O–H groups in total. The standard InChI is InChI=1S/C15H20N2OS/c1-10(2)15-13(8-16)19-14(17-15)9-18-12-7-5-4-6-11(12)3/h4-7,10H,8-9,16H2,1-3H3. The van der Waals surface area contributed by atoms with E-state index in [1.165, 1.54) is 4.88 Å². The van der Waals surface area contributed by atoms with Crippen LogP contribution in [0.25, 0.3) is 0 Å². The van der Waals surface area contributed by atoms with Crippen LogP contribution in [0.5, 0.6) is 5.75 Å². The summed E-state index contributed by atoms with van der Waals surface area (Å²) in [7, 11) is 0. The summed E-state index contributed by atoms with van der Waals surface area (Å²) in [4.78, 5) is 5.80. The number of nitrogens with zero attached hydrogens (tertiary/aromatic N) is 1. The minimum Gasteiger partial charge on any atom is -0.486 e. The van der Waals surface area contributed by atoms with Gasteiger partial charge in [0.05, 0.1) is 5.69 Å². The molecule has 2 aromatic rings. The first kappa shape index (κ1) is 14.0. The van der Waals surface area contributed by atoms with Crippen LogP contribution in [-0.4, -0.2) is 4.98 Å². The first-order chi connectivity index (χ1) is 9.11. The average molecular weight is 276 g/mol. The van der Waals surface area contributed by atoms with E-state index in [0.717, 1.165) is 22.0 Å². The molecule has 1 heterocycles. The van der Waals surface area contributed by atoms with Crippen LogP contribution in [0, 0.1) is 6.92 Å². The van der Waals surface area contributed by atoms with E-state index in [4.69, 9.17) is 10.5 Å². The van der Waals surface area contributed by atoms with Crippen molar-refractivity contribution in [3.63, 3.8) is 0 Å². The third-order valence-corrected chi connectivity index (χ3v) is 4.02. The molecule has 0 saturated carbocycles. The molecule has 0 unspecified atom stereocenters. The summed E-state index contributed by atoms with van der Waals surface area (Å²) in [6.45, 7) is 7.38. The van der Waals surface area contributed by atoms with Crippen LogP contribution in [-0.2, 0) is 13.2 Å². The fourth-order valence-corrected chi connectivity index (χ4v) is 2.95. The molecule has 4 heteroatoms. The van der Waals surface area contributed by atoms with E-state index >= 15 is 0 Å². The monoisotopic (exact) mass is 276 g/mol. The Bertz CT molecular complexity index is 549. The molecule has 0 bridgehead atoms. The zero-order valence-electron chi connectivity index (χ0n) is 11.6. The van der Waals surface area contributed by atoms with Gasteiger partial charge in [0.1, 0.15) is 17.4 Å². The Morgan fingerprint density at radius 3 is 2.63 bits per heavy atom. The predicted octanol–water partition coefficient (Wildman–Crippen LogP) is 3.61. The fraction of sp³-hybridized carbons (Fsp3) is 0.400. The smallest absolute Gasteiger partial charge is 0.140 e. The minimum absolute atomic E-state index is 0.405. The highest BCUT2D eigenvalue weighted by Gasteiger charge is 2.13. The molecule has 0 saturated heterocycles. The maximum Gasteiger partial charge on any atom is 0.140 e. The zero-order chi connectivity index (χ0) is 13.8. The van der Waals surface area contributed by atoms with Crippen molar-refractivity contribution in [3.05, 3.63) is 45.4 Å². The molecule has 1 aromatic heterocycles. The van der Waals surface area contributed by atoms with E-state index in [2.05, 4.69) is 18.8 Å². The molecule has 0 amide bonds. The summed E-state index contributed by atoms with van der Waals surface area (Å²) in [6, 6.07) is 8.02. The summed E-state index contributed by atoms with van der Waals surface area (Å²) in [6.07, 6.45) is 0. The van der Waals surface area contributed by atoms with Crippen molar-refractivity contribution in [2.45, 2.75) is 39.8 Å². The van der Waals surface area contributed by atoms with E-state index < -0.39 is 0 Å². The number of hydrogen-bond acceptors (Lipinski definition) is 4. The third kappa shape index (κ3) is 3.33. The van der Waals surface area contributed by atoms with Crippen LogP contribution in [0.15, 0.2) is 24.3 Å². The molecule has 19 heavy (non-hydrogen) atoms. The van der Waals surface area contributed by atoms with Gasteiger partial charge in [-0.3, -0.25) is 0 Å². The Labute approximate surface area is 118 Å². The van der Waals surface area contributed by atoms with Gasteiger partial charge in [0.15, 0.2) is 0 Å². The number of para-hydroxylation sites is 1. The molecule has 0 spiro atoms. The third-order valence-electron chi connectivity index (χ3n) is 2.95. The SMILES string of the molecule is Cc1ccccc1OCc1nc(C(C)C)c(CN)s1. The lowest BCUT2D eigenvalue weighted by Crippen LogP contribution is -2.00. The molecule has 0 atom stereocenters. The molecule has 0 radical (unpaired) electrons. The van der Waals surface area contributed by atoms with E-state index in [0.29, 0.717) is 19.1 Å². The van der Waals surface area contributed by atoms with Crippen molar-refractivity contribution >= 4 is 11.3 Å². The van der Waals surface area contributed by atoms with Crippen molar-refractivity contribution < 1.29 is 4.74 Å². The van der Waals surface area contributed by atoms with Crippen molar-refractivity contribution in [3.8, 4) is 5.75 Å². The molecule has 102 valence electrons. The predicted molar refractivity (Wildman–Crippen MR) is 79.6 cm³/mol. The average Bonchev–Trinajstić information content (AvgIpc) is 2.81. The van der Waals surface area contributed by atoms with Gasteiger partial charge in [0.2, 0.25) is 0 Å². The number of thiazole rings is 1. The Kier molecular flexibility index (Phi) is 4.56. The van der Waals surface area contributed by atoms with Gasteiger partial charge >= 0.3 is 0 Å². The lowest BCUT2D eigenvalue weighted by molar-refractivity contribution is 0.303. The van der Waals surface area contributed by atoms with Gasteiger partial charge in [0.25, 0.3) is 0 Å². The van der Waals surface area contributed by atoms with Crippen LogP contribution >= 0.6 is 11.3 Å². The maximum absolute atomic E-state index is 5.82. The lowest BCUT2D eigenvalue weighted by Gasteiger charge is -2.06. The molecular formula is C15H20N2OS. The molecule has 0 aliphatic carbocycles. The second-order valence-electron chi connectivity index (χ2n) is 4.83. The maximum atomic E-state index is 5.82. The summed E-state index contributed by atoms with van der Waals surface area (Å²) in [5, 5.41) is 0.993. The Balaban J connectivity index is 2.10. The van der Waals surface area contributed by atoms with Crippen LogP contribution < -0.4 is 10.5 Å². The van der Waals surface area contributed by atoms with Gasteiger partial charge in [0, 0.05) is 11.4 Å². The number of hydrogen-bond donors (Lipinski definition) is 1. The van der Waals surface area contributed by atoms with E-state index in [9.17, 15) is 0 Å². The van der Waals surface area contributed by atoms with Crippen molar-refractivity contribution in [1.82, 2.24) is 4.98 Å².